The number of hydrogen-bond acceptors (Lipinski definition) is 3. The summed E-state index contributed by atoms with van der Waals surface area (Å²) < 4.78 is 31.0. The van der Waals surface area contributed by atoms with E-state index in [4.69, 9.17) is 9.84 Å². The fraction of sp³-hybridized carbons (Fsp3) is 0.143. The van der Waals surface area contributed by atoms with Crippen molar-refractivity contribution >= 4 is 17.6 Å². The van der Waals surface area contributed by atoms with Crippen LogP contribution >= 0.6 is 0 Å². The maximum atomic E-state index is 13.0. The van der Waals surface area contributed by atoms with Crippen LogP contribution in [0.25, 0.3) is 11.1 Å². The SMILES string of the molecule is C=C(C)O/C(C(=O)Nc1ccc(-c2ccc(C(=O)O)cc2)cc1)=C(\C)C(F)F. The minimum Gasteiger partial charge on any atom is -0.478 e. The molecule has 7 heteroatoms. The van der Waals surface area contributed by atoms with Crippen LogP contribution in [-0.2, 0) is 9.53 Å². The van der Waals surface area contributed by atoms with Gasteiger partial charge in [-0.2, -0.15) is 0 Å². The van der Waals surface area contributed by atoms with Crippen LogP contribution in [0.2, 0.25) is 0 Å². The number of rotatable bonds is 7. The number of alkyl halides is 2. The van der Waals surface area contributed by atoms with Crippen molar-refractivity contribution in [2.45, 2.75) is 20.3 Å². The summed E-state index contributed by atoms with van der Waals surface area (Å²) in [6.45, 7) is 6.04. The number of amides is 1. The highest BCUT2D eigenvalue weighted by atomic mass is 19.3. The molecule has 0 radical (unpaired) electrons. The van der Waals surface area contributed by atoms with E-state index in [0.29, 0.717) is 5.69 Å². The molecule has 0 aromatic heterocycles. The third-order valence-corrected chi connectivity index (χ3v) is 3.78. The first-order chi connectivity index (χ1) is 13.2. The lowest BCUT2D eigenvalue weighted by molar-refractivity contribution is -0.115. The second kappa shape index (κ2) is 8.94. The number of carbonyl (C=O) groups is 2. The van der Waals surface area contributed by atoms with Gasteiger partial charge in [0.25, 0.3) is 12.3 Å². The minimum absolute atomic E-state index is 0.116. The Morgan fingerprint density at radius 3 is 1.93 bits per heavy atom. The number of nitrogens with one attached hydrogen (secondary N) is 1. The summed E-state index contributed by atoms with van der Waals surface area (Å²) in [7, 11) is 0. The van der Waals surface area contributed by atoms with E-state index in [0.717, 1.165) is 18.1 Å². The van der Waals surface area contributed by atoms with Crippen LogP contribution in [0.4, 0.5) is 14.5 Å². The molecule has 0 aliphatic carbocycles. The highest BCUT2D eigenvalue weighted by Crippen LogP contribution is 2.23. The fourth-order valence-corrected chi connectivity index (χ4v) is 2.32. The minimum atomic E-state index is -2.84. The first-order valence-corrected chi connectivity index (χ1v) is 8.26. The fourth-order valence-electron chi connectivity index (χ4n) is 2.32. The molecule has 0 fully saturated rings. The predicted octanol–water partition coefficient (Wildman–Crippen LogP) is 5.08. The lowest BCUT2D eigenvalue weighted by atomic mass is 10.0. The van der Waals surface area contributed by atoms with Crippen molar-refractivity contribution in [1.82, 2.24) is 0 Å². The molecule has 0 aliphatic heterocycles. The number of halogens is 2. The molecule has 0 saturated heterocycles. The highest BCUT2D eigenvalue weighted by molar-refractivity contribution is 6.03. The lowest BCUT2D eigenvalue weighted by Crippen LogP contribution is -2.19. The Bertz CT molecular complexity index is 916. The Balaban J connectivity index is 2.18. The third kappa shape index (κ3) is 5.26. The first kappa shape index (κ1) is 20.8. The molecule has 0 saturated carbocycles. The Hall–Kier alpha value is -3.48. The van der Waals surface area contributed by atoms with Gasteiger partial charge in [0.05, 0.1) is 11.3 Å². The molecule has 0 aliphatic rings. The average Bonchev–Trinajstić information content (AvgIpc) is 2.66. The van der Waals surface area contributed by atoms with Gasteiger partial charge in [0.1, 0.15) is 0 Å². The summed E-state index contributed by atoms with van der Waals surface area (Å²) in [6.07, 6.45) is -2.84. The number of allylic oxidation sites excluding steroid dienone is 2. The zero-order valence-electron chi connectivity index (χ0n) is 15.3. The van der Waals surface area contributed by atoms with Gasteiger partial charge in [0.15, 0.2) is 5.76 Å². The molecule has 0 atom stereocenters. The van der Waals surface area contributed by atoms with Crippen LogP contribution < -0.4 is 5.32 Å². The smallest absolute Gasteiger partial charge is 0.335 e. The summed E-state index contributed by atoms with van der Waals surface area (Å²) in [6, 6.07) is 13.0. The molecule has 0 unspecified atom stereocenters. The van der Waals surface area contributed by atoms with Crippen molar-refractivity contribution in [2.24, 2.45) is 0 Å². The van der Waals surface area contributed by atoms with Crippen molar-refractivity contribution < 1.29 is 28.2 Å². The van der Waals surface area contributed by atoms with Gasteiger partial charge in [-0.1, -0.05) is 30.8 Å². The molecule has 2 rings (SSSR count). The van der Waals surface area contributed by atoms with Gasteiger partial charge in [0, 0.05) is 11.3 Å². The molecule has 1 amide bonds. The molecular weight excluding hydrogens is 368 g/mol. The van der Waals surface area contributed by atoms with E-state index in [9.17, 15) is 18.4 Å². The van der Waals surface area contributed by atoms with Gasteiger partial charge in [-0.15, -0.1) is 0 Å². The van der Waals surface area contributed by atoms with Crippen molar-refractivity contribution in [1.29, 1.82) is 0 Å². The molecule has 0 bridgehead atoms. The number of carboxylic acids is 1. The zero-order chi connectivity index (χ0) is 20.8. The summed E-state index contributed by atoms with van der Waals surface area (Å²) in [4.78, 5) is 23.2. The largest absolute Gasteiger partial charge is 0.478 e. The van der Waals surface area contributed by atoms with Gasteiger partial charge in [0.2, 0.25) is 0 Å². The molecule has 2 aromatic rings. The van der Waals surface area contributed by atoms with Gasteiger partial charge in [-0.25, -0.2) is 13.6 Å². The second-order valence-corrected chi connectivity index (χ2v) is 6.03. The van der Waals surface area contributed by atoms with E-state index < -0.39 is 29.6 Å². The van der Waals surface area contributed by atoms with Gasteiger partial charge < -0.3 is 15.2 Å². The Labute approximate surface area is 161 Å². The predicted molar refractivity (Wildman–Crippen MR) is 102 cm³/mol. The zero-order valence-corrected chi connectivity index (χ0v) is 15.3. The number of hydrogen-bond donors (Lipinski definition) is 2. The Kier molecular flexibility index (Phi) is 6.65. The van der Waals surface area contributed by atoms with Gasteiger partial charge in [-0.05, 0) is 49.2 Å². The third-order valence-electron chi connectivity index (χ3n) is 3.78. The van der Waals surface area contributed by atoms with Crippen LogP contribution in [-0.4, -0.2) is 23.4 Å². The van der Waals surface area contributed by atoms with Crippen molar-refractivity contribution in [3.63, 3.8) is 0 Å². The van der Waals surface area contributed by atoms with Crippen LogP contribution in [0.5, 0.6) is 0 Å². The first-order valence-electron chi connectivity index (χ1n) is 8.26. The van der Waals surface area contributed by atoms with Crippen LogP contribution in [0.15, 0.2) is 72.2 Å². The number of carboxylic acid groups (broad SMARTS) is 1. The summed E-state index contributed by atoms with van der Waals surface area (Å²) >= 11 is 0. The van der Waals surface area contributed by atoms with Gasteiger partial charge >= 0.3 is 5.97 Å². The Morgan fingerprint density at radius 1 is 1.00 bits per heavy atom. The van der Waals surface area contributed by atoms with Crippen LogP contribution in [0, 0.1) is 0 Å². The normalized spacial score (nSPS) is 11.6. The van der Waals surface area contributed by atoms with Crippen molar-refractivity contribution in [2.75, 3.05) is 5.32 Å². The monoisotopic (exact) mass is 387 g/mol. The van der Waals surface area contributed by atoms with E-state index in [1.54, 1.807) is 36.4 Å². The summed E-state index contributed by atoms with van der Waals surface area (Å²) in [5.41, 5.74) is 1.67. The lowest BCUT2D eigenvalue weighted by Gasteiger charge is -2.14. The van der Waals surface area contributed by atoms with Crippen LogP contribution in [0.3, 0.4) is 0 Å². The molecule has 146 valence electrons. The van der Waals surface area contributed by atoms with Gasteiger partial charge in [-0.3, -0.25) is 4.79 Å². The van der Waals surface area contributed by atoms with Crippen LogP contribution in [0.1, 0.15) is 24.2 Å². The maximum absolute atomic E-state index is 13.0. The molecule has 2 aromatic carbocycles. The van der Waals surface area contributed by atoms with Crippen molar-refractivity contribution in [3.8, 4) is 11.1 Å². The van der Waals surface area contributed by atoms with E-state index in [1.807, 2.05) is 0 Å². The van der Waals surface area contributed by atoms with E-state index >= 15 is 0 Å². The van der Waals surface area contributed by atoms with E-state index in [1.165, 1.54) is 19.1 Å². The highest BCUT2D eigenvalue weighted by Gasteiger charge is 2.21. The number of benzene rings is 2. The topological polar surface area (TPSA) is 75.6 Å². The van der Waals surface area contributed by atoms with Crippen molar-refractivity contribution in [3.05, 3.63) is 77.8 Å². The molecule has 2 N–H and O–H groups in total. The molecule has 0 spiro atoms. The molecule has 0 heterocycles. The number of carbonyl (C=O) groups excluding carboxylic acids is 1. The molecule has 28 heavy (non-hydrogen) atoms. The molecule has 5 nitrogen and oxygen atoms in total. The quantitative estimate of drug-likeness (QED) is 0.513. The second-order valence-electron chi connectivity index (χ2n) is 6.03. The summed E-state index contributed by atoms with van der Waals surface area (Å²) in [5, 5.41) is 11.4. The summed E-state index contributed by atoms with van der Waals surface area (Å²) in [5.74, 6) is -2.19. The molecular formula is C21H19F2NO4. The number of anilines is 1. The standard InChI is InChI=1S/C21H19F2NO4/c1-12(2)28-18(13(3)19(22)23)20(25)24-17-10-8-15(9-11-17)14-4-6-16(7-5-14)21(26)27/h4-11,19H,1H2,2-3H3,(H,24,25)(H,26,27)/b18-13+. The Morgan fingerprint density at radius 2 is 1.50 bits per heavy atom. The number of ether oxygens (including phenoxy) is 1. The average molecular weight is 387 g/mol. The number of aromatic carboxylic acids is 1. The van der Waals surface area contributed by atoms with E-state index in [-0.39, 0.29) is 11.3 Å². The maximum Gasteiger partial charge on any atom is 0.335 e. The van der Waals surface area contributed by atoms with E-state index in [2.05, 4.69) is 11.9 Å².